The second kappa shape index (κ2) is 2.46. The molecule has 0 radical (unpaired) electrons. The Morgan fingerprint density at radius 2 is 2.50 bits per heavy atom. The minimum Gasteiger partial charge on any atom is -0.388 e. The molecule has 1 aromatic rings. The molecule has 0 aliphatic heterocycles. The molecule has 1 aromatic heterocycles. The predicted octanol–water partition coefficient (Wildman–Crippen LogP) is 2.33. The molecule has 0 amide bonds. The van der Waals surface area contributed by atoms with E-state index in [4.69, 9.17) is 0 Å². The number of aryl methyl sites for hydroxylation is 1. The Hall–Kier alpha value is 0.390. The van der Waals surface area contributed by atoms with Gasteiger partial charge in [-0.2, -0.15) is 0 Å². The van der Waals surface area contributed by atoms with E-state index in [0.29, 0.717) is 0 Å². The molecule has 10 heavy (non-hydrogen) atoms. The Bertz CT molecular complexity index is 256. The van der Waals surface area contributed by atoms with Gasteiger partial charge >= 0.3 is 0 Å². The van der Waals surface area contributed by atoms with Crippen LogP contribution in [0.25, 0.3) is 0 Å². The van der Waals surface area contributed by atoms with Crippen molar-refractivity contribution >= 4 is 33.9 Å². The molecule has 1 unspecified atom stereocenters. The Labute approximate surface area is 77.2 Å². The number of hydrogen-bond donors (Lipinski definition) is 1. The van der Waals surface area contributed by atoms with Crippen LogP contribution in [0.2, 0.25) is 0 Å². The largest absolute Gasteiger partial charge is 0.388 e. The van der Waals surface area contributed by atoms with Gasteiger partial charge in [0.15, 0.2) is 0 Å². The van der Waals surface area contributed by atoms with Crippen molar-refractivity contribution in [2.45, 2.75) is 18.9 Å². The third-order valence-corrected chi connectivity index (χ3v) is 3.84. The maximum atomic E-state index is 9.40. The average Bonchev–Trinajstić information content (AvgIpc) is 2.35. The molecule has 0 saturated carbocycles. The van der Waals surface area contributed by atoms with Crippen molar-refractivity contribution in [3.63, 3.8) is 0 Å². The zero-order chi connectivity index (χ0) is 7.14. The quantitative estimate of drug-likeness (QED) is 0.714. The normalized spacial score (nSPS) is 23.2. The van der Waals surface area contributed by atoms with Crippen LogP contribution in [-0.4, -0.2) is 5.11 Å². The molecule has 1 atom stereocenters. The minimum absolute atomic E-state index is 0.163. The summed E-state index contributed by atoms with van der Waals surface area (Å²) in [5.74, 6) is 0. The third-order valence-electron chi connectivity index (χ3n) is 1.80. The smallest absolute Gasteiger partial charge is 0.0888 e. The number of rotatable bonds is 0. The molecule has 3 heteroatoms. The van der Waals surface area contributed by atoms with Gasteiger partial charge in [0.05, 0.1) is 8.99 Å². The van der Waals surface area contributed by atoms with Crippen LogP contribution < -0.4 is 0 Å². The zero-order valence-corrected chi connectivity index (χ0v) is 8.28. The number of aliphatic hydroxyl groups excluding tert-OH is 1. The molecule has 1 aliphatic carbocycles. The van der Waals surface area contributed by atoms with E-state index in [1.807, 2.05) is 0 Å². The monoisotopic (exact) mass is 266 g/mol. The van der Waals surface area contributed by atoms with Crippen molar-refractivity contribution in [3.05, 3.63) is 19.4 Å². The van der Waals surface area contributed by atoms with Crippen molar-refractivity contribution in [3.8, 4) is 0 Å². The highest BCUT2D eigenvalue weighted by atomic mass is 127. The fraction of sp³-hybridized carbons (Fsp3) is 0.429. The predicted molar refractivity (Wildman–Crippen MR) is 50.3 cm³/mol. The highest BCUT2D eigenvalue weighted by molar-refractivity contribution is 14.1. The molecule has 1 heterocycles. The topological polar surface area (TPSA) is 20.2 Å². The minimum atomic E-state index is -0.163. The first-order valence-corrected chi connectivity index (χ1v) is 5.13. The Morgan fingerprint density at radius 1 is 1.70 bits per heavy atom. The summed E-state index contributed by atoms with van der Waals surface area (Å²) >= 11 is 4.02. The van der Waals surface area contributed by atoms with Gasteiger partial charge in [0.1, 0.15) is 0 Å². The Morgan fingerprint density at radius 3 is 3.20 bits per heavy atom. The highest BCUT2D eigenvalue weighted by Gasteiger charge is 2.22. The summed E-state index contributed by atoms with van der Waals surface area (Å²) in [6.07, 6.45) is 1.83. The molecule has 0 spiro atoms. The molecule has 0 bridgehead atoms. The van der Waals surface area contributed by atoms with Crippen LogP contribution in [0.15, 0.2) is 6.07 Å². The lowest BCUT2D eigenvalue weighted by Gasteiger charge is -1.95. The van der Waals surface area contributed by atoms with Crippen molar-refractivity contribution < 1.29 is 5.11 Å². The number of fused-ring (bicyclic) bond motifs is 1. The molecule has 0 saturated heterocycles. The van der Waals surface area contributed by atoms with Crippen molar-refractivity contribution in [2.24, 2.45) is 0 Å². The van der Waals surface area contributed by atoms with E-state index in [1.54, 1.807) is 11.3 Å². The lowest BCUT2D eigenvalue weighted by molar-refractivity contribution is 0.183. The van der Waals surface area contributed by atoms with Crippen LogP contribution in [0.5, 0.6) is 0 Å². The van der Waals surface area contributed by atoms with Crippen molar-refractivity contribution in [2.75, 3.05) is 0 Å². The van der Waals surface area contributed by atoms with E-state index in [2.05, 4.69) is 28.7 Å². The van der Waals surface area contributed by atoms with Crippen LogP contribution in [0.1, 0.15) is 23.0 Å². The van der Waals surface area contributed by atoms with E-state index >= 15 is 0 Å². The third kappa shape index (κ3) is 1.00. The molecule has 1 aliphatic rings. The fourth-order valence-electron chi connectivity index (χ4n) is 1.31. The highest BCUT2D eigenvalue weighted by Crippen LogP contribution is 2.37. The van der Waals surface area contributed by atoms with Gasteiger partial charge in [0, 0.05) is 4.88 Å². The molecular weight excluding hydrogens is 259 g/mol. The summed E-state index contributed by atoms with van der Waals surface area (Å²) in [5.41, 5.74) is 1.36. The van der Waals surface area contributed by atoms with Crippen LogP contribution in [0.4, 0.5) is 0 Å². The first-order valence-electron chi connectivity index (χ1n) is 3.23. The molecule has 0 fully saturated rings. The lowest BCUT2D eigenvalue weighted by atomic mass is 10.3. The van der Waals surface area contributed by atoms with Gasteiger partial charge in [0.2, 0.25) is 0 Å². The van der Waals surface area contributed by atoms with E-state index < -0.39 is 0 Å². The summed E-state index contributed by atoms with van der Waals surface area (Å²) < 4.78 is 1.29. The standard InChI is InChI=1S/C7H7IOS/c8-6-3-4-1-2-5(9)7(4)10-6/h3,5,9H,1-2H2. The molecule has 1 N–H and O–H groups in total. The molecule has 2 rings (SSSR count). The van der Waals surface area contributed by atoms with Gasteiger partial charge < -0.3 is 5.11 Å². The molecule has 1 nitrogen and oxygen atoms in total. The maximum Gasteiger partial charge on any atom is 0.0888 e. The van der Waals surface area contributed by atoms with Gasteiger partial charge in [-0.05, 0) is 47.1 Å². The molecular formula is C7H7IOS. The van der Waals surface area contributed by atoms with Gasteiger partial charge in [-0.25, -0.2) is 0 Å². The second-order valence-electron chi connectivity index (χ2n) is 2.49. The SMILES string of the molecule is OC1CCc2cc(I)sc21. The fourth-order valence-corrected chi connectivity index (χ4v) is 3.35. The number of halogens is 1. The van der Waals surface area contributed by atoms with Crippen molar-refractivity contribution in [1.82, 2.24) is 0 Å². The number of thiophene rings is 1. The average molecular weight is 266 g/mol. The van der Waals surface area contributed by atoms with E-state index in [9.17, 15) is 5.11 Å². The first-order chi connectivity index (χ1) is 4.77. The van der Waals surface area contributed by atoms with E-state index in [-0.39, 0.29) is 6.10 Å². The summed E-state index contributed by atoms with van der Waals surface area (Å²) in [6, 6.07) is 2.18. The first kappa shape index (κ1) is 7.06. The van der Waals surface area contributed by atoms with Crippen LogP contribution in [-0.2, 0) is 6.42 Å². The molecule has 54 valence electrons. The van der Waals surface area contributed by atoms with E-state index in [1.165, 1.54) is 13.3 Å². The number of aliphatic hydroxyl groups is 1. The lowest BCUT2D eigenvalue weighted by Crippen LogP contribution is -1.84. The summed E-state index contributed by atoms with van der Waals surface area (Å²) in [4.78, 5) is 1.20. The second-order valence-corrected chi connectivity index (χ2v) is 5.47. The Kier molecular flexibility index (Phi) is 1.74. The summed E-state index contributed by atoms with van der Waals surface area (Å²) in [5, 5.41) is 9.40. The van der Waals surface area contributed by atoms with Gasteiger partial charge in [0.25, 0.3) is 0 Å². The van der Waals surface area contributed by atoms with Gasteiger partial charge in [-0.15, -0.1) is 11.3 Å². The van der Waals surface area contributed by atoms with E-state index in [0.717, 1.165) is 12.8 Å². The van der Waals surface area contributed by atoms with Gasteiger partial charge in [-0.1, -0.05) is 0 Å². The van der Waals surface area contributed by atoms with Crippen molar-refractivity contribution in [1.29, 1.82) is 0 Å². The molecule has 0 aromatic carbocycles. The maximum absolute atomic E-state index is 9.40. The number of hydrogen-bond acceptors (Lipinski definition) is 2. The van der Waals surface area contributed by atoms with Crippen LogP contribution in [0, 0.1) is 2.88 Å². The summed E-state index contributed by atoms with van der Waals surface area (Å²) in [7, 11) is 0. The zero-order valence-electron chi connectivity index (χ0n) is 5.30. The summed E-state index contributed by atoms with van der Waals surface area (Å²) in [6.45, 7) is 0. The van der Waals surface area contributed by atoms with Crippen LogP contribution >= 0.6 is 33.9 Å². The van der Waals surface area contributed by atoms with Crippen LogP contribution in [0.3, 0.4) is 0 Å². The Balaban J connectivity index is 2.49. The van der Waals surface area contributed by atoms with Gasteiger partial charge in [-0.3, -0.25) is 0 Å².